The van der Waals surface area contributed by atoms with Crippen LogP contribution in [0.5, 0.6) is 0 Å². The summed E-state index contributed by atoms with van der Waals surface area (Å²) < 4.78 is 5.26. The van der Waals surface area contributed by atoms with Gasteiger partial charge in [0, 0.05) is 13.7 Å². The lowest BCUT2D eigenvalue weighted by Crippen LogP contribution is -2.53. The molecule has 2 aliphatic rings. The van der Waals surface area contributed by atoms with Crippen LogP contribution in [0.15, 0.2) is 29.3 Å². The van der Waals surface area contributed by atoms with Gasteiger partial charge in [-0.05, 0) is 29.4 Å². The molecule has 1 aliphatic carbocycles. The first-order valence-electron chi connectivity index (χ1n) is 7.68. The second-order valence-corrected chi connectivity index (χ2v) is 6.78. The minimum absolute atomic E-state index is 0.0747. The molecule has 0 radical (unpaired) electrons. The predicted molar refractivity (Wildman–Crippen MR) is 85.5 cm³/mol. The van der Waals surface area contributed by atoms with Crippen LogP contribution in [0.25, 0.3) is 0 Å². The molecule has 1 aromatic rings. The van der Waals surface area contributed by atoms with Crippen LogP contribution < -0.4 is 5.73 Å². The zero-order valence-corrected chi connectivity index (χ0v) is 13.2. The van der Waals surface area contributed by atoms with Crippen molar-refractivity contribution < 1.29 is 4.74 Å². The minimum atomic E-state index is -0.0747. The molecule has 1 spiro atoms. The van der Waals surface area contributed by atoms with E-state index in [0.717, 1.165) is 25.9 Å². The van der Waals surface area contributed by atoms with Crippen LogP contribution in [0.1, 0.15) is 37.8 Å². The normalized spacial score (nSPS) is 26.8. The molecule has 1 unspecified atom stereocenters. The van der Waals surface area contributed by atoms with Crippen molar-refractivity contribution in [2.45, 2.75) is 37.6 Å². The van der Waals surface area contributed by atoms with E-state index in [1.165, 1.54) is 11.1 Å². The Hall–Kier alpha value is -1.55. The zero-order chi connectivity index (χ0) is 15.1. The molecule has 0 bridgehead atoms. The third-order valence-corrected chi connectivity index (χ3v) is 5.14. The van der Waals surface area contributed by atoms with E-state index in [2.05, 4.69) is 48.0 Å². The fraction of sp³-hybridized carbons (Fsp3) is 0.588. The number of aliphatic imine (C=N–C) groups is 1. The smallest absolute Gasteiger partial charge is 0.192 e. The molecule has 0 amide bonds. The lowest BCUT2D eigenvalue weighted by atomic mass is 9.65. The summed E-state index contributed by atoms with van der Waals surface area (Å²) in [5.74, 6) is 0.654. The summed E-state index contributed by atoms with van der Waals surface area (Å²) in [6.07, 6.45) is 2.24. The molecule has 1 aromatic carbocycles. The van der Waals surface area contributed by atoms with Crippen LogP contribution in [0.3, 0.4) is 0 Å². The highest BCUT2D eigenvalue weighted by molar-refractivity contribution is 5.81. The largest absolute Gasteiger partial charge is 0.383 e. The van der Waals surface area contributed by atoms with Crippen LogP contribution in [-0.4, -0.2) is 37.7 Å². The van der Waals surface area contributed by atoms with Gasteiger partial charge in [-0.25, -0.2) is 0 Å². The van der Waals surface area contributed by atoms with Crippen molar-refractivity contribution in [2.24, 2.45) is 10.7 Å². The van der Waals surface area contributed by atoms with Gasteiger partial charge >= 0.3 is 0 Å². The first kappa shape index (κ1) is 14.4. The van der Waals surface area contributed by atoms with Crippen LogP contribution in [-0.2, 0) is 15.7 Å². The summed E-state index contributed by atoms with van der Waals surface area (Å²) in [6, 6.07) is 8.78. The molecule has 1 aliphatic heterocycles. The quantitative estimate of drug-likeness (QED) is 0.927. The lowest BCUT2D eigenvalue weighted by Gasteiger charge is -2.48. The van der Waals surface area contributed by atoms with E-state index in [4.69, 9.17) is 10.5 Å². The first-order valence-corrected chi connectivity index (χ1v) is 7.68. The Labute approximate surface area is 127 Å². The van der Waals surface area contributed by atoms with E-state index in [-0.39, 0.29) is 11.0 Å². The zero-order valence-electron chi connectivity index (χ0n) is 13.2. The van der Waals surface area contributed by atoms with Crippen molar-refractivity contribution in [3.8, 4) is 0 Å². The topological polar surface area (TPSA) is 50.9 Å². The second-order valence-electron chi connectivity index (χ2n) is 6.78. The number of guanidine groups is 1. The Morgan fingerprint density at radius 3 is 2.67 bits per heavy atom. The standard InChI is InChI=1S/C17H25N3O/c1-16(2)8-9-17(14-7-5-4-6-13(14)16)12-19-15(18)20(17)10-11-21-3/h4-7H,8-12H2,1-3H3,(H2,18,19). The van der Waals surface area contributed by atoms with Gasteiger partial charge in [-0.3, -0.25) is 4.99 Å². The highest BCUT2D eigenvalue weighted by atomic mass is 16.5. The third kappa shape index (κ3) is 2.13. The minimum Gasteiger partial charge on any atom is -0.383 e. The highest BCUT2D eigenvalue weighted by Crippen LogP contribution is 2.49. The molecular weight excluding hydrogens is 262 g/mol. The Balaban J connectivity index is 2.06. The molecule has 1 heterocycles. The van der Waals surface area contributed by atoms with E-state index in [1.807, 2.05) is 0 Å². The van der Waals surface area contributed by atoms with Gasteiger partial charge in [0.2, 0.25) is 0 Å². The maximum absolute atomic E-state index is 6.17. The van der Waals surface area contributed by atoms with E-state index in [0.29, 0.717) is 12.6 Å². The fourth-order valence-electron chi connectivity index (χ4n) is 3.83. The Kier molecular flexibility index (Phi) is 3.44. The highest BCUT2D eigenvalue weighted by Gasteiger charge is 2.49. The van der Waals surface area contributed by atoms with Crippen molar-refractivity contribution in [2.75, 3.05) is 26.8 Å². The number of hydrogen-bond acceptors (Lipinski definition) is 4. The number of fused-ring (bicyclic) bond motifs is 2. The third-order valence-electron chi connectivity index (χ3n) is 5.14. The lowest BCUT2D eigenvalue weighted by molar-refractivity contribution is 0.107. The summed E-state index contributed by atoms with van der Waals surface area (Å²) in [5.41, 5.74) is 9.13. The molecule has 114 valence electrons. The van der Waals surface area contributed by atoms with Crippen molar-refractivity contribution >= 4 is 5.96 Å². The molecule has 0 saturated carbocycles. The maximum atomic E-state index is 6.17. The van der Waals surface area contributed by atoms with Gasteiger partial charge in [0.05, 0.1) is 18.7 Å². The molecular formula is C17H25N3O. The average molecular weight is 287 g/mol. The molecule has 21 heavy (non-hydrogen) atoms. The summed E-state index contributed by atoms with van der Waals surface area (Å²) in [7, 11) is 1.73. The molecule has 0 saturated heterocycles. The monoisotopic (exact) mass is 287 g/mol. The van der Waals surface area contributed by atoms with Gasteiger partial charge in [0.15, 0.2) is 5.96 Å². The van der Waals surface area contributed by atoms with Crippen molar-refractivity contribution in [3.05, 3.63) is 35.4 Å². The van der Waals surface area contributed by atoms with Gasteiger partial charge in [-0.15, -0.1) is 0 Å². The van der Waals surface area contributed by atoms with Gasteiger partial charge < -0.3 is 15.4 Å². The number of hydrogen-bond donors (Lipinski definition) is 1. The molecule has 4 nitrogen and oxygen atoms in total. The summed E-state index contributed by atoms with van der Waals surface area (Å²) in [6.45, 7) is 6.88. The number of ether oxygens (including phenoxy) is 1. The van der Waals surface area contributed by atoms with Crippen LogP contribution in [0.4, 0.5) is 0 Å². The fourth-order valence-corrected chi connectivity index (χ4v) is 3.83. The second kappa shape index (κ2) is 5.02. The first-order chi connectivity index (χ1) is 10.0. The van der Waals surface area contributed by atoms with Gasteiger partial charge in [0.1, 0.15) is 0 Å². The molecule has 1 atom stereocenters. The summed E-state index contributed by atoms with van der Waals surface area (Å²) in [4.78, 5) is 6.81. The summed E-state index contributed by atoms with van der Waals surface area (Å²) >= 11 is 0. The number of rotatable bonds is 3. The van der Waals surface area contributed by atoms with Crippen molar-refractivity contribution in [1.82, 2.24) is 4.90 Å². The number of nitrogens with zero attached hydrogens (tertiary/aromatic N) is 2. The van der Waals surface area contributed by atoms with Gasteiger partial charge in [-0.1, -0.05) is 38.1 Å². The van der Waals surface area contributed by atoms with Gasteiger partial charge in [-0.2, -0.15) is 0 Å². The maximum Gasteiger partial charge on any atom is 0.192 e. The average Bonchev–Trinajstić information content (AvgIpc) is 2.79. The number of benzene rings is 1. The van der Waals surface area contributed by atoms with Crippen molar-refractivity contribution in [3.63, 3.8) is 0 Å². The van der Waals surface area contributed by atoms with Crippen LogP contribution >= 0.6 is 0 Å². The summed E-state index contributed by atoms with van der Waals surface area (Å²) in [5, 5.41) is 0. The predicted octanol–water partition coefficient (Wildman–Crippen LogP) is 2.23. The SMILES string of the molecule is COCCN1C(N)=NCC12CCC(C)(C)c1ccccc12. The Bertz CT molecular complexity index is 567. The van der Waals surface area contributed by atoms with Crippen LogP contribution in [0, 0.1) is 0 Å². The Morgan fingerprint density at radius 1 is 1.24 bits per heavy atom. The molecule has 0 fully saturated rings. The van der Waals surface area contributed by atoms with E-state index >= 15 is 0 Å². The molecule has 4 heteroatoms. The molecule has 0 aromatic heterocycles. The molecule has 2 N–H and O–H groups in total. The van der Waals surface area contributed by atoms with E-state index in [1.54, 1.807) is 7.11 Å². The molecule has 3 rings (SSSR count). The van der Waals surface area contributed by atoms with Crippen molar-refractivity contribution in [1.29, 1.82) is 0 Å². The van der Waals surface area contributed by atoms with Gasteiger partial charge in [0.25, 0.3) is 0 Å². The number of nitrogens with two attached hydrogens (primary N) is 1. The number of methoxy groups -OCH3 is 1. The van der Waals surface area contributed by atoms with Crippen LogP contribution in [0.2, 0.25) is 0 Å². The Morgan fingerprint density at radius 2 is 1.95 bits per heavy atom. The van der Waals surface area contributed by atoms with E-state index < -0.39 is 0 Å². The van der Waals surface area contributed by atoms with E-state index in [9.17, 15) is 0 Å².